The van der Waals surface area contributed by atoms with Crippen LogP contribution in [0.15, 0.2) is 54.7 Å². The van der Waals surface area contributed by atoms with Gasteiger partial charge in [0.25, 0.3) is 5.91 Å². The molecule has 8 heteroatoms. The van der Waals surface area contributed by atoms with Gasteiger partial charge in [-0.3, -0.25) is 4.79 Å². The van der Waals surface area contributed by atoms with Gasteiger partial charge >= 0.3 is 5.97 Å². The highest BCUT2D eigenvalue weighted by molar-refractivity contribution is 6.03. The number of aryl methyl sites for hydroxylation is 1. The molecule has 1 aromatic heterocycles. The number of aromatic nitrogens is 2. The molecule has 1 heterocycles. The number of hydrogen-bond acceptors (Lipinski definition) is 7. The van der Waals surface area contributed by atoms with Crippen LogP contribution < -0.4 is 15.4 Å². The predicted octanol–water partition coefficient (Wildman–Crippen LogP) is 3.58. The summed E-state index contributed by atoms with van der Waals surface area (Å²) in [5.74, 6) is 0.0563. The average molecular weight is 392 g/mol. The van der Waals surface area contributed by atoms with Crippen molar-refractivity contribution in [3.8, 4) is 5.75 Å². The van der Waals surface area contributed by atoms with Crippen molar-refractivity contribution in [1.82, 2.24) is 9.97 Å². The Morgan fingerprint density at radius 2 is 1.76 bits per heavy atom. The Hall–Kier alpha value is -3.94. The van der Waals surface area contributed by atoms with Crippen molar-refractivity contribution in [2.24, 2.45) is 0 Å². The maximum Gasteiger partial charge on any atom is 0.337 e. The summed E-state index contributed by atoms with van der Waals surface area (Å²) < 4.78 is 9.99. The molecule has 0 bridgehead atoms. The fraction of sp³-hybridized carbons (Fsp3) is 0.143. The molecule has 0 unspecified atom stereocenters. The number of rotatable bonds is 6. The third kappa shape index (κ3) is 4.86. The summed E-state index contributed by atoms with van der Waals surface area (Å²) >= 11 is 0. The second-order valence-electron chi connectivity index (χ2n) is 6.12. The van der Waals surface area contributed by atoms with Gasteiger partial charge in [-0.2, -0.15) is 0 Å². The van der Waals surface area contributed by atoms with Crippen molar-refractivity contribution in [3.63, 3.8) is 0 Å². The van der Waals surface area contributed by atoms with Crippen LogP contribution in [-0.4, -0.2) is 36.1 Å². The number of methoxy groups -OCH3 is 2. The Labute approximate surface area is 167 Å². The largest absolute Gasteiger partial charge is 0.495 e. The van der Waals surface area contributed by atoms with Gasteiger partial charge in [-0.1, -0.05) is 6.07 Å². The summed E-state index contributed by atoms with van der Waals surface area (Å²) in [6.07, 6.45) is 1.49. The first-order chi connectivity index (χ1) is 14.0. The van der Waals surface area contributed by atoms with Crippen molar-refractivity contribution in [2.45, 2.75) is 6.92 Å². The zero-order chi connectivity index (χ0) is 20.8. The molecule has 0 atom stereocenters. The molecule has 0 spiro atoms. The molecule has 0 aliphatic heterocycles. The minimum atomic E-state index is -0.444. The van der Waals surface area contributed by atoms with Crippen molar-refractivity contribution in [2.75, 3.05) is 24.9 Å². The molecule has 3 rings (SSSR count). The van der Waals surface area contributed by atoms with Gasteiger partial charge in [0.05, 0.1) is 25.5 Å². The molecule has 29 heavy (non-hydrogen) atoms. The monoisotopic (exact) mass is 392 g/mol. The fourth-order valence-corrected chi connectivity index (χ4v) is 2.59. The lowest BCUT2D eigenvalue weighted by molar-refractivity contribution is 0.0600. The molecule has 0 saturated heterocycles. The third-order valence-electron chi connectivity index (χ3n) is 4.05. The van der Waals surface area contributed by atoms with Crippen LogP contribution in [0.1, 0.15) is 26.4 Å². The van der Waals surface area contributed by atoms with E-state index in [1.165, 1.54) is 19.4 Å². The Morgan fingerprint density at radius 3 is 2.45 bits per heavy atom. The van der Waals surface area contributed by atoms with Crippen LogP contribution >= 0.6 is 0 Å². The number of esters is 1. The topological polar surface area (TPSA) is 102 Å². The van der Waals surface area contributed by atoms with Crippen LogP contribution in [0, 0.1) is 6.92 Å². The number of carbonyl (C=O) groups excluding carboxylic acids is 2. The van der Waals surface area contributed by atoms with Crippen molar-refractivity contribution in [3.05, 3.63) is 71.5 Å². The van der Waals surface area contributed by atoms with Crippen LogP contribution in [0.4, 0.5) is 17.3 Å². The fourth-order valence-electron chi connectivity index (χ4n) is 2.59. The van der Waals surface area contributed by atoms with E-state index in [0.29, 0.717) is 22.7 Å². The van der Waals surface area contributed by atoms with Gasteiger partial charge in [-0.25, -0.2) is 14.8 Å². The first-order valence-corrected chi connectivity index (χ1v) is 8.74. The van der Waals surface area contributed by atoms with E-state index in [0.717, 1.165) is 5.56 Å². The van der Waals surface area contributed by atoms with E-state index in [4.69, 9.17) is 4.74 Å². The Bertz CT molecular complexity index is 1040. The van der Waals surface area contributed by atoms with E-state index >= 15 is 0 Å². The molecule has 148 valence electrons. The molecular formula is C21H20N4O4. The molecule has 8 nitrogen and oxygen atoms in total. The molecule has 0 saturated carbocycles. The number of nitrogens with one attached hydrogen (secondary N) is 2. The van der Waals surface area contributed by atoms with E-state index in [-0.39, 0.29) is 11.6 Å². The number of ether oxygens (including phenoxy) is 2. The van der Waals surface area contributed by atoms with E-state index in [9.17, 15) is 9.59 Å². The molecule has 0 fully saturated rings. The number of amides is 1. The predicted molar refractivity (Wildman–Crippen MR) is 109 cm³/mol. The Kier molecular flexibility index (Phi) is 6.03. The zero-order valence-corrected chi connectivity index (χ0v) is 16.2. The first-order valence-electron chi connectivity index (χ1n) is 8.74. The van der Waals surface area contributed by atoms with Crippen LogP contribution in [0.25, 0.3) is 0 Å². The van der Waals surface area contributed by atoms with Crippen LogP contribution in [0.5, 0.6) is 5.75 Å². The third-order valence-corrected chi connectivity index (χ3v) is 4.05. The molecule has 3 aromatic rings. The van der Waals surface area contributed by atoms with E-state index < -0.39 is 11.9 Å². The van der Waals surface area contributed by atoms with E-state index in [2.05, 4.69) is 25.3 Å². The second kappa shape index (κ2) is 8.83. The van der Waals surface area contributed by atoms with Crippen molar-refractivity contribution in [1.29, 1.82) is 0 Å². The number of nitrogens with zero attached hydrogens (tertiary/aromatic N) is 2. The van der Waals surface area contributed by atoms with Crippen LogP contribution in [0.3, 0.4) is 0 Å². The number of carbonyl (C=O) groups is 2. The summed E-state index contributed by atoms with van der Waals surface area (Å²) in [4.78, 5) is 32.4. The lowest BCUT2D eigenvalue weighted by atomic mass is 10.2. The smallest absolute Gasteiger partial charge is 0.337 e. The lowest BCUT2D eigenvalue weighted by Crippen LogP contribution is -2.15. The number of benzene rings is 2. The molecule has 1 amide bonds. The van der Waals surface area contributed by atoms with Gasteiger partial charge in [0.15, 0.2) is 0 Å². The molecule has 2 aromatic carbocycles. The van der Waals surface area contributed by atoms with E-state index in [1.54, 1.807) is 31.4 Å². The van der Waals surface area contributed by atoms with Gasteiger partial charge in [-0.05, 0) is 55.0 Å². The van der Waals surface area contributed by atoms with E-state index in [1.807, 2.05) is 25.1 Å². The highest BCUT2D eigenvalue weighted by Gasteiger charge is 2.12. The zero-order valence-electron chi connectivity index (χ0n) is 16.2. The first kappa shape index (κ1) is 19.8. The highest BCUT2D eigenvalue weighted by atomic mass is 16.5. The lowest BCUT2D eigenvalue weighted by Gasteiger charge is -2.11. The maximum absolute atomic E-state index is 12.5. The van der Waals surface area contributed by atoms with Gasteiger partial charge in [0.2, 0.25) is 5.95 Å². The maximum atomic E-state index is 12.5. The average Bonchev–Trinajstić information content (AvgIpc) is 2.74. The number of anilines is 3. The normalized spacial score (nSPS) is 10.2. The molecule has 0 aliphatic carbocycles. The summed E-state index contributed by atoms with van der Waals surface area (Å²) in [5, 5.41) is 5.80. The SMILES string of the molecule is COC(=O)c1ccc(NC(=O)c2ccnc(Nc3cc(C)ccc3OC)n2)cc1. The van der Waals surface area contributed by atoms with Crippen molar-refractivity contribution >= 4 is 29.2 Å². The number of hydrogen-bond donors (Lipinski definition) is 2. The Balaban J connectivity index is 1.74. The quantitative estimate of drug-likeness (QED) is 0.618. The minimum Gasteiger partial charge on any atom is -0.495 e. The van der Waals surface area contributed by atoms with Gasteiger partial charge in [0, 0.05) is 11.9 Å². The second-order valence-corrected chi connectivity index (χ2v) is 6.12. The van der Waals surface area contributed by atoms with Crippen molar-refractivity contribution < 1.29 is 19.1 Å². The van der Waals surface area contributed by atoms with Gasteiger partial charge in [-0.15, -0.1) is 0 Å². The molecule has 0 aliphatic rings. The summed E-state index contributed by atoms with van der Waals surface area (Å²) in [6, 6.07) is 13.5. The molecule has 0 radical (unpaired) electrons. The Morgan fingerprint density at radius 1 is 1.00 bits per heavy atom. The summed E-state index contributed by atoms with van der Waals surface area (Å²) in [5.41, 5.74) is 2.84. The van der Waals surface area contributed by atoms with Crippen LogP contribution in [-0.2, 0) is 4.74 Å². The van der Waals surface area contributed by atoms with Crippen LogP contribution in [0.2, 0.25) is 0 Å². The standard InChI is InChI=1S/C21H20N4O4/c1-13-4-9-18(28-2)17(12-13)25-21-22-11-10-16(24-21)19(26)23-15-7-5-14(6-8-15)20(27)29-3/h4-12H,1-3H3,(H,23,26)(H,22,24,25). The molecule has 2 N–H and O–H groups in total. The molecular weight excluding hydrogens is 372 g/mol. The highest BCUT2D eigenvalue weighted by Crippen LogP contribution is 2.27. The summed E-state index contributed by atoms with van der Waals surface area (Å²) in [7, 11) is 2.89. The van der Waals surface area contributed by atoms with Gasteiger partial charge in [0.1, 0.15) is 11.4 Å². The van der Waals surface area contributed by atoms with Gasteiger partial charge < -0.3 is 20.1 Å². The summed E-state index contributed by atoms with van der Waals surface area (Å²) in [6.45, 7) is 1.96. The minimum absolute atomic E-state index is 0.186.